The first kappa shape index (κ1) is 34.9. The van der Waals surface area contributed by atoms with Crippen molar-refractivity contribution in [3.63, 3.8) is 0 Å². The summed E-state index contributed by atoms with van der Waals surface area (Å²) in [6.07, 6.45) is 3.28. The number of halogens is 1. The van der Waals surface area contributed by atoms with Crippen molar-refractivity contribution < 1.29 is 42.8 Å². The molecule has 3 aliphatic rings. The summed E-state index contributed by atoms with van der Waals surface area (Å²) in [6, 6.07) is 7.85. The summed E-state index contributed by atoms with van der Waals surface area (Å²) in [4.78, 5) is 31.6. The monoisotopic (exact) mass is 656 g/mol. The first-order valence-electron chi connectivity index (χ1n) is 16.7. The lowest BCUT2D eigenvalue weighted by Gasteiger charge is -2.38. The number of aliphatic carboxylic acids is 1. The Morgan fingerprint density at radius 1 is 1.11 bits per heavy atom. The summed E-state index contributed by atoms with van der Waals surface area (Å²) < 4.78 is 43.1. The van der Waals surface area contributed by atoms with E-state index < -0.39 is 35.6 Å². The van der Waals surface area contributed by atoms with Gasteiger partial charge in [-0.15, -0.1) is 0 Å². The molecule has 1 N–H and O–H groups in total. The Bertz CT molecular complexity index is 1420. The van der Waals surface area contributed by atoms with Crippen molar-refractivity contribution in [3.05, 3.63) is 47.3 Å². The first-order valence-corrected chi connectivity index (χ1v) is 16.7. The zero-order valence-electron chi connectivity index (χ0n) is 28.4. The van der Waals surface area contributed by atoms with Crippen LogP contribution in [0.3, 0.4) is 0 Å². The fourth-order valence-corrected chi connectivity index (χ4v) is 7.55. The molecule has 3 atom stereocenters. The van der Waals surface area contributed by atoms with E-state index in [1.54, 1.807) is 19.1 Å². The maximum Gasteiger partial charge on any atom is 0.308 e. The molecular weight excluding hydrogens is 607 g/mol. The van der Waals surface area contributed by atoms with Crippen LogP contribution in [0.25, 0.3) is 0 Å². The third-order valence-electron chi connectivity index (χ3n) is 9.77. The van der Waals surface area contributed by atoms with E-state index >= 15 is 0 Å². The standard InChI is InChI=1S/C36H49FN2O8/c1-7-9-24(10-8-2)39(25-11-12-27(37)22(3)15-25)31(40)20-38-19-26(23-16-29(43-6)33-30(17-23)46-21-47-33)32(34(41)42)28(38)18-36(4,5)35-44-13-14-45-35/h11-12,15-17,24,26,28,32,35H,7-10,13-14,18-21H2,1-6H3,(H,41,42)/t26-,28+,32-/m1/s1. The van der Waals surface area contributed by atoms with Gasteiger partial charge in [0.2, 0.25) is 18.4 Å². The Kier molecular flexibility index (Phi) is 11.0. The average molecular weight is 657 g/mol. The van der Waals surface area contributed by atoms with E-state index in [4.69, 9.17) is 23.7 Å². The number of carbonyl (C=O) groups excluding carboxylic acids is 1. The van der Waals surface area contributed by atoms with E-state index in [9.17, 15) is 19.1 Å². The highest BCUT2D eigenvalue weighted by molar-refractivity contribution is 5.95. The van der Waals surface area contributed by atoms with E-state index in [1.807, 2.05) is 35.8 Å². The summed E-state index contributed by atoms with van der Waals surface area (Å²) in [6.45, 7) is 11.2. The maximum atomic E-state index is 14.6. The van der Waals surface area contributed by atoms with Crippen molar-refractivity contribution in [2.75, 3.05) is 45.1 Å². The Labute approximate surface area is 277 Å². The number of methoxy groups -OCH3 is 1. The van der Waals surface area contributed by atoms with Crippen molar-refractivity contribution in [2.24, 2.45) is 11.3 Å². The fraction of sp³-hybridized carbons (Fsp3) is 0.611. The van der Waals surface area contributed by atoms with Gasteiger partial charge in [-0.3, -0.25) is 14.5 Å². The topological polar surface area (TPSA) is 107 Å². The molecule has 2 fully saturated rings. The van der Waals surface area contributed by atoms with Crippen LogP contribution >= 0.6 is 0 Å². The van der Waals surface area contributed by atoms with Gasteiger partial charge in [-0.1, -0.05) is 40.5 Å². The summed E-state index contributed by atoms with van der Waals surface area (Å²) in [5, 5.41) is 10.8. The number of benzene rings is 2. The molecule has 0 bridgehead atoms. The normalized spacial score (nSPS) is 21.5. The van der Waals surface area contributed by atoms with Crippen LogP contribution in [-0.4, -0.2) is 80.5 Å². The zero-order chi connectivity index (χ0) is 33.9. The van der Waals surface area contributed by atoms with Crippen LogP contribution < -0.4 is 19.1 Å². The fourth-order valence-electron chi connectivity index (χ4n) is 7.55. The largest absolute Gasteiger partial charge is 0.493 e. The van der Waals surface area contributed by atoms with Crippen LogP contribution in [0.5, 0.6) is 17.2 Å². The van der Waals surface area contributed by atoms with Crippen LogP contribution in [0, 0.1) is 24.1 Å². The third kappa shape index (κ3) is 7.37. The molecule has 11 heteroatoms. The third-order valence-corrected chi connectivity index (χ3v) is 9.77. The van der Waals surface area contributed by atoms with Crippen molar-refractivity contribution in [1.29, 1.82) is 0 Å². The van der Waals surface area contributed by atoms with Crippen LogP contribution in [0.2, 0.25) is 0 Å². The summed E-state index contributed by atoms with van der Waals surface area (Å²) in [7, 11) is 1.54. The molecule has 0 aliphatic carbocycles. The molecule has 0 aromatic heterocycles. The molecule has 0 spiro atoms. The predicted octanol–water partition coefficient (Wildman–Crippen LogP) is 6.13. The van der Waals surface area contributed by atoms with Gasteiger partial charge in [-0.25, -0.2) is 4.39 Å². The van der Waals surface area contributed by atoms with Crippen molar-refractivity contribution in [2.45, 2.75) is 91.0 Å². The van der Waals surface area contributed by atoms with Gasteiger partial charge in [0.25, 0.3) is 0 Å². The molecule has 2 saturated heterocycles. The van der Waals surface area contributed by atoms with Gasteiger partial charge in [-0.2, -0.15) is 0 Å². The Hall–Kier alpha value is -3.41. The van der Waals surface area contributed by atoms with Gasteiger partial charge >= 0.3 is 5.97 Å². The van der Waals surface area contributed by atoms with Gasteiger partial charge in [0.15, 0.2) is 17.8 Å². The molecule has 47 heavy (non-hydrogen) atoms. The SMILES string of the molecule is CCCC(CCC)N(C(=O)CN1C[C@H](c2cc(OC)c3c(c2)OCO3)[C@@H](C(=O)O)[C@@H]1CC(C)(C)C1OCCO1)c1ccc(F)c(C)c1. The molecule has 3 aliphatic heterocycles. The zero-order valence-corrected chi connectivity index (χ0v) is 28.4. The highest BCUT2D eigenvalue weighted by Crippen LogP contribution is 2.49. The van der Waals surface area contributed by atoms with Crippen molar-refractivity contribution in [1.82, 2.24) is 4.90 Å². The summed E-state index contributed by atoms with van der Waals surface area (Å²) >= 11 is 0. The minimum atomic E-state index is -0.948. The lowest BCUT2D eigenvalue weighted by atomic mass is 9.77. The molecule has 2 aromatic carbocycles. The second-order valence-corrected chi connectivity index (χ2v) is 13.6. The van der Waals surface area contributed by atoms with E-state index in [-0.39, 0.29) is 31.1 Å². The second-order valence-electron chi connectivity index (χ2n) is 13.6. The molecule has 5 rings (SSSR count). The number of hydrogen-bond donors (Lipinski definition) is 1. The number of aryl methyl sites for hydroxylation is 1. The molecule has 2 aromatic rings. The number of carboxylic acids is 1. The van der Waals surface area contributed by atoms with Gasteiger partial charge in [0, 0.05) is 35.6 Å². The van der Waals surface area contributed by atoms with E-state index in [0.717, 1.165) is 31.2 Å². The number of likely N-dealkylation sites (tertiary alicyclic amines) is 1. The Morgan fingerprint density at radius 2 is 1.81 bits per heavy atom. The minimum Gasteiger partial charge on any atom is -0.493 e. The Balaban J connectivity index is 1.54. The van der Waals surface area contributed by atoms with E-state index in [0.29, 0.717) is 54.7 Å². The molecule has 258 valence electrons. The second kappa shape index (κ2) is 14.8. The van der Waals surface area contributed by atoms with Gasteiger partial charge < -0.3 is 33.7 Å². The Morgan fingerprint density at radius 3 is 2.43 bits per heavy atom. The highest BCUT2D eigenvalue weighted by Gasteiger charge is 2.51. The average Bonchev–Trinajstić information content (AvgIpc) is 3.80. The summed E-state index contributed by atoms with van der Waals surface area (Å²) in [5.74, 6) is -1.28. The number of amides is 1. The molecule has 1 amide bonds. The number of carboxylic acid groups (broad SMARTS) is 1. The molecule has 10 nitrogen and oxygen atoms in total. The number of rotatable bonds is 14. The van der Waals surface area contributed by atoms with Crippen LogP contribution in [0.4, 0.5) is 10.1 Å². The quantitative estimate of drug-likeness (QED) is 0.257. The number of anilines is 1. The molecular formula is C36H49FN2O8. The maximum absolute atomic E-state index is 14.6. The van der Waals surface area contributed by atoms with Gasteiger partial charge in [0.1, 0.15) is 5.82 Å². The van der Waals surface area contributed by atoms with Gasteiger partial charge in [0.05, 0.1) is 32.8 Å². The van der Waals surface area contributed by atoms with Crippen molar-refractivity contribution >= 4 is 17.6 Å². The van der Waals surface area contributed by atoms with Crippen molar-refractivity contribution in [3.8, 4) is 17.2 Å². The number of ether oxygens (including phenoxy) is 5. The predicted molar refractivity (Wildman–Crippen MR) is 175 cm³/mol. The number of carbonyl (C=O) groups is 2. The van der Waals surface area contributed by atoms with Crippen LogP contribution in [0.15, 0.2) is 30.3 Å². The lowest BCUT2D eigenvalue weighted by Crippen LogP contribution is -2.49. The number of nitrogens with zero attached hydrogens (tertiary/aromatic N) is 2. The molecule has 3 heterocycles. The van der Waals surface area contributed by atoms with E-state index in [2.05, 4.69) is 13.8 Å². The van der Waals surface area contributed by atoms with Crippen LogP contribution in [-0.2, 0) is 19.1 Å². The first-order chi connectivity index (χ1) is 22.5. The molecule has 0 radical (unpaired) electrons. The lowest BCUT2D eigenvalue weighted by molar-refractivity contribution is -0.147. The number of fused-ring (bicyclic) bond motifs is 1. The molecule has 0 unspecified atom stereocenters. The van der Waals surface area contributed by atoms with Gasteiger partial charge in [-0.05, 0) is 67.6 Å². The van der Waals surface area contributed by atoms with Crippen LogP contribution in [0.1, 0.15) is 76.8 Å². The summed E-state index contributed by atoms with van der Waals surface area (Å²) in [5.41, 5.74) is 1.31. The number of hydrogen-bond acceptors (Lipinski definition) is 8. The highest BCUT2D eigenvalue weighted by atomic mass is 19.1. The minimum absolute atomic E-state index is 0.00452. The van der Waals surface area contributed by atoms with E-state index in [1.165, 1.54) is 13.2 Å². The smallest absolute Gasteiger partial charge is 0.308 e. The molecule has 0 saturated carbocycles.